The van der Waals surface area contributed by atoms with Gasteiger partial charge in [-0.15, -0.1) is 0 Å². The fraction of sp³-hybridized carbons (Fsp3) is 0.208. The van der Waals surface area contributed by atoms with Gasteiger partial charge in [0, 0.05) is 5.69 Å². The normalized spacial score (nSPS) is 16.7. The Hall–Kier alpha value is -3.87. The average Bonchev–Trinajstić information content (AvgIpc) is 3.14. The number of nitrogens with zero attached hydrogens (tertiary/aromatic N) is 1. The molecule has 0 amide bonds. The number of benzene rings is 2. The molecule has 1 heterocycles. The van der Waals surface area contributed by atoms with Crippen molar-refractivity contribution >= 4 is 29.4 Å². The summed E-state index contributed by atoms with van der Waals surface area (Å²) >= 11 is 0. The first kappa shape index (κ1) is 21.8. The number of rotatable bonds is 7. The Morgan fingerprint density at radius 3 is 2.29 bits per heavy atom. The van der Waals surface area contributed by atoms with Crippen LogP contribution in [0.1, 0.15) is 11.1 Å². The molecule has 31 heavy (non-hydrogen) atoms. The van der Waals surface area contributed by atoms with Crippen molar-refractivity contribution in [2.24, 2.45) is 4.99 Å². The second-order valence-electron chi connectivity index (χ2n) is 6.97. The van der Waals surface area contributed by atoms with Gasteiger partial charge in [-0.2, -0.15) is 0 Å². The minimum absolute atomic E-state index is 0.263. The smallest absolute Gasteiger partial charge is 0.357 e. The molecule has 0 bridgehead atoms. The molecule has 0 aliphatic carbocycles. The summed E-state index contributed by atoms with van der Waals surface area (Å²) in [7, 11) is 2.35. The molecule has 1 aliphatic heterocycles. The number of hydrogen-bond acceptors (Lipinski definition) is 7. The Morgan fingerprint density at radius 2 is 1.68 bits per heavy atom. The molecule has 2 unspecified atom stereocenters. The highest BCUT2D eigenvalue weighted by Gasteiger charge is 2.40. The number of nitrogens with one attached hydrogen (secondary N) is 1. The third-order valence-corrected chi connectivity index (χ3v) is 4.83. The zero-order valence-corrected chi connectivity index (χ0v) is 17.5. The molecular formula is C24H24N2O5. The Balaban J connectivity index is 2.02. The van der Waals surface area contributed by atoms with Crippen LogP contribution in [0.5, 0.6) is 0 Å². The number of esters is 2. The Bertz CT molecular complexity index is 1040. The average molecular weight is 420 g/mol. The van der Waals surface area contributed by atoms with Crippen LogP contribution in [0.15, 0.2) is 77.0 Å². The molecule has 0 spiro atoms. The summed E-state index contributed by atoms with van der Waals surface area (Å²) in [6.45, 7) is 1.98. The van der Waals surface area contributed by atoms with Crippen molar-refractivity contribution in [2.75, 3.05) is 19.5 Å². The number of aryl methyl sites for hydroxylation is 1. The Kier molecular flexibility index (Phi) is 6.87. The molecule has 160 valence electrons. The van der Waals surface area contributed by atoms with Gasteiger partial charge >= 0.3 is 11.9 Å². The largest absolute Gasteiger partial charge is 0.509 e. The van der Waals surface area contributed by atoms with Crippen molar-refractivity contribution in [3.05, 3.63) is 83.1 Å². The van der Waals surface area contributed by atoms with E-state index in [1.165, 1.54) is 14.2 Å². The number of hydrogen-bond donors (Lipinski definition) is 2. The summed E-state index contributed by atoms with van der Waals surface area (Å²) in [6.07, 6.45) is 3.71. The predicted octanol–water partition coefficient (Wildman–Crippen LogP) is 3.47. The zero-order chi connectivity index (χ0) is 22.4. The number of aliphatic imine (C=N–C) groups is 1. The van der Waals surface area contributed by atoms with Crippen molar-refractivity contribution in [3.63, 3.8) is 0 Å². The van der Waals surface area contributed by atoms with Crippen LogP contribution >= 0.6 is 0 Å². The number of anilines is 1. The van der Waals surface area contributed by atoms with Crippen LogP contribution in [0.3, 0.4) is 0 Å². The van der Waals surface area contributed by atoms with Gasteiger partial charge < -0.3 is 19.9 Å². The molecule has 1 aliphatic rings. The van der Waals surface area contributed by atoms with Crippen LogP contribution in [-0.4, -0.2) is 49.1 Å². The number of carbonyl (C=O) groups is 2. The standard InChI is InChI=1S/C24H24N2O5/c1-15-9-12-17(13-10-15)25-18(14-11-16-7-5-4-6-8-16)20-22(27)19(23(28)30-2)21(26-20)24(29)31-3/h4-14,18,20,25,27H,1-3H3/b14-11+. The van der Waals surface area contributed by atoms with E-state index in [9.17, 15) is 14.7 Å². The molecule has 2 N–H and O–H groups in total. The highest BCUT2D eigenvalue weighted by Crippen LogP contribution is 2.27. The van der Waals surface area contributed by atoms with E-state index in [1.807, 2.05) is 73.7 Å². The van der Waals surface area contributed by atoms with Crippen molar-refractivity contribution in [3.8, 4) is 0 Å². The molecule has 7 nitrogen and oxygen atoms in total. The third-order valence-electron chi connectivity index (χ3n) is 4.83. The second kappa shape index (κ2) is 9.75. The van der Waals surface area contributed by atoms with E-state index in [2.05, 4.69) is 10.3 Å². The maximum absolute atomic E-state index is 12.2. The van der Waals surface area contributed by atoms with E-state index in [0.29, 0.717) is 0 Å². The topological polar surface area (TPSA) is 97.2 Å². The van der Waals surface area contributed by atoms with Gasteiger partial charge in [0.05, 0.1) is 20.3 Å². The van der Waals surface area contributed by atoms with Gasteiger partial charge in [0.25, 0.3) is 0 Å². The summed E-state index contributed by atoms with van der Waals surface area (Å²) in [5.74, 6) is -2.03. The molecule has 3 rings (SSSR count). The minimum atomic E-state index is -0.926. The molecule has 2 aromatic carbocycles. The van der Waals surface area contributed by atoms with Crippen LogP contribution < -0.4 is 5.32 Å². The Labute approximate surface area is 180 Å². The van der Waals surface area contributed by atoms with Crippen molar-refractivity contribution in [2.45, 2.75) is 19.0 Å². The van der Waals surface area contributed by atoms with E-state index in [0.717, 1.165) is 16.8 Å². The zero-order valence-electron chi connectivity index (χ0n) is 17.5. The molecule has 0 saturated carbocycles. The van der Waals surface area contributed by atoms with E-state index in [1.54, 1.807) is 0 Å². The summed E-state index contributed by atoms with van der Waals surface area (Å²) in [5.41, 5.74) is 2.29. The van der Waals surface area contributed by atoms with Crippen LogP contribution in [0, 0.1) is 6.92 Å². The first-order valence-electron chi connectivity index (χ1n) is 9.69. The lowest BCUT2D eigenvalue weighted by Crippen LogP contribution is -2.31. The predicted molar refractivity (Wildman–Crippen MR) is 119 cm³/mol. The molecule has 0 saturated heterocycles. The number of aliphatic hydroxyl groups is 1. The minimum Gasteiger partial charge on any atom is -0.509 e. The summed E-state index contributed by atoms with van der Waals surface area (Å²) < 4.78 is 9.47. The second-order valence-corrected chi connectivity index (χ2v) is 6.97. The quantitative estimate of drug-likeness (QED) is 0.666. The van der Waals surface area contributed by atoms with Gasteiger partial charge in [-0.1, -0.05) is 60.2 Å². The monoisotopic (exact) mass is 420 g/mol. The first-order valence-corrected chi connectivity index (χ1v) is 9.69. The first-order chi connectivity index (χ1) is 14.9. The molecule has 0 radical (unpaired) electrons. The van der Waals surface area contributed by atoms with Gasteiger partial charge in [-0.25, -0.2) is 9.59 Å². The lowest BCUT2D eigenvalue weighted by Gasteiger charge is -2.21. The summed E-state index contributed by atoms with van der Waals surface area (Å²) in [6, 6.07) is 15.8. The molecule has 7 heteroatoms. The Morgan fingerprint density at radius 1 is 1.03 bits per heavy atom. The van der Waals surface area contributed by atoms with Gasteiger partial charge in [0.1, 0.15) is 17.4 Å². The number of methoxy groups -OCH3 is 2. The van der Waals surface area contributed by atoms with Gasteiger partial charge in [0.2, 0.25) is 0 Å². The fourth-order valence-corrected chi connectivity index (χ4v) is 3.19. The maximum atomic E-state index is 12.2. The van der Waals surface area contributed by atoms with Crippen molar-refractivity contribution in [1.82, 2.24) is 0 Å². The highest BCUT2D eigenvalue weighted by atomic mass is 16.5. The van der Waals surface area contributed by atoms with Crippen LogP contribution in [0.4, 0.5) is 5.69 Å². The third kappa shape index (κ3) is 5.01. The number of ether oxygens (including phenoxy) is 2. The van der Waals surface area contributed by atoms with Crippen LogP contribution in [0.25, 0.3) is 6.08 Å². The van der Waals surface area contributed by atoms with E-state index < -0.39 is 24.0 Å². The molecular weight excluding hydrogens is 396 g/mol. The lowest BCUT2D eigenvalue weighted by molar-refractivity contribution is -0.137. The summed E-state index contributed by atoms with van der Waals surface area (Å²) in [4.78, 5) is 28.7. The van der Waals surface area contributed by atoms with Gasteiger partial charge in [-0.3, -0.25) is 4.99 Å². The van der Waals surface area contributed by atoms with Crippen LogP contribution in [0.2, 0.25) is 0 Å². The SMILES string of the molecule is COC(=O)C1=NC(C(/C=C/c2ccccc2)Nc2ccc(C)cc2)C(O)=C1C(=O)OC. The number of carbonyl (C=O) groups excluding carboxylic acids is 2. The van der Waals surface area contributed by atoms with Crippen molar-refractivity contribution < 1.29 is 24.2 Å². The van der Waals surface area contributed by atoms with Gasteiger partial charge in [0.15, 0.2) is 5.71 Å². The van der Waals surface area contributed by atoms with E-state index in [-0.39, 0.29) is 17.0 Å². The maximum Gasteiger partial charge on any atom is 0.357 e. The summed E-state index contributed by atoms with van der Waals surface area (Å²) in [5, 5.41) is 14.1. The highest BCUT2D eigenvalue weighted by molar-refractivity contribution is 6.50. The molecule has 2 aromatic rings. The molecule has 0 fully saturated rings. The fourth-order valence-electron chi connectivity index (χ4n) is 3.19. The molecule has 2 atom stereocenters. The van der Waals surface area contributed by atoms with Crippen LogP contribution in [-0.2, 0) is 19.1 Å². The molecule has 0 aromatic heterocycles. The number of aliphatic hydroxyl groups excluding tert-OH is 1. The van der Waals surface area contributed by atoms with E-state index in [4.69, 9.17) is 9.47 Å². The van der Waals surface area contributed by atoms with Gasteiger partial charge in [-0.05, 0) is 24.6 Å². The van der Waals surface area contributed by atoms with Crippen molar-refractivity contribution in [1.29, 1.82) is 0 Å². The lowest BCUT2D eigenvalue weighted by atomic mass is 10.0. The van der Waals surface area contributed by atoms with E-state index >= 15 is 0 Å².